The van der Waals surface area contributed by atoms with Crippen LogP contribution in [0.3, 0.4) is 0 Å². The number of rotatable bonds is 16. The number of carbonyl (C=O) groups excluding carboxylic acids is 1. The minimum Gasteiger partial charge on any atom is -1.00 e. The van der Waals surface area contributed by atoms with Gasteiger partial charge in [-0.25, -0.2) is 23.7 Å². The lowest BCUT2D eigenvalue weighted by molar-refractivity contribution is -0.644. The fourth-order valence-electron chi connectivity index (χ4n) is 14.5. The van der Waals surface area contributed by atoms with Crippen LogP contribution in [0.15, 0.2) is 295 Å². The number of pyridine rings is 3. The van der Waals surface area contributed by atoms with Crippen LogP contribution in [-0.4, -0.2) is 25.8 Å². The normalized spacial score (nSPS) is 14.1. The van der Waals surface area contributed by atoms with Gasteiger partial charge >= 0.3 is 0 Å². The van der Waals surface area contributed by atoms with Crippen molar-refractivity contribution in [3.63, 3.8) is 0 Å². The van der Waals surface area contributed by atoms with Crippen LogP contribution in [0, 0.1) is 5.41 Å². The Kier molecular flexibility index (Phi) is 25.3. The number of H-pyrrole nitrogens is 2. The van der Waals surface area contributed by atoms with E-state index in [1.165, 1.54) is 41.6 Å². The highest BCUT2D eigenvalue weighted by molar-refractivity contribution is 6.05. The number of hydrogen-bond donors (Lipinski definition) is 3. The van der Waals surface area contributed by atoms with E-state index < -0.39 is 0 Å². The predicted molar refractivity (Wildman–Crippen MR) is 432 cm³/mol. The Morgan fingerprint density at radius 3 is 1.23 bits per heavy atom. The summed E-state index contributed by atoms with van der Waals surface area (Å²) in [4.78, 5) is 33.2. The Balaban J connectivity index is 0.00000306. The quantitative estimate of drug-likeness (QED) is 0.0664. The van der Waals surface area contributed by atoms with Crippen LogP contribution in [0.4, 0.5) is 5.69 Å². The van der Waals surface area contributed by atoms with E-state index in [1.54, 1.807) is 0 Å². The third-order valence-electron chi connectivity index (χ3n) is 20.0. The molecule has 1 amide bonds. The number of halogens is 4. The van der Waals surface area contributed by atoms with Crippen LogP contribution in [0.5, 0.6) is 0 Å². The molecule has 3 N–H and O–H groups in total. The van der Waals surface area contributed by atoms with Crippen molar-refractivity contribution in [2.24, 2.45) is 26.6 Å². The molecule has 0 spiro atoms. The number of aryl methyl sites for hydroxylation is 3. The third kappa shape index (κ3) is 17.6. The fourth-order valence-corrected chi connectivity index (χ4v) is 14.5. The number of allylic oxidation sites excluding steroid dienone is 19. The topological polar surface area (TPSA) is 98.1 Å². The maximum absolute atomic E-state index is 14.0. The number of benzene rings is 5. The Bertz CT molecular complexity index is 5740. The van der Waals surface area contributed by atoms with E-state index in [1.807, 2.05) is 36.4 Å². The van der Waals surface area contributed by atoms with Gasteiger partial charge in [0.2, 0.25) is 16.6 Å². The minimum atomic E-state index is -0.198. The second-order valence-corrected chi connectivity index (χ2v) is 28.2. The molecule has 2 aliphatic heterocycles. The van der Waals surface area contributed by atoms with Crippen molar-refractivity contribution in [1.82, 2.24) is 19.9 Å². The smallest absolute Gasteiger partial charge is 0.255 e. The molecule has 8 heterocycles. The zero-order valence-corrected chi connectivity index (χ0v) is 65.0. The van der Waals surface area contributed by atoms with Gasteiger partial charge in [0.05, 0.1) is 39.5 Å². The number of nitrogens with one attached hydrogen (secondary N) is 3. The van der Waals surface area contributed by atoms with Gasteiger partial charge in [-0.2, -0.15) is 0 Å². The number of aromatic amines is 2. The first kappa shape index (κ1) is 78.5. The highest BCUT2D eigenvalue weighted by Gasteiger charge is 2.27. The molecule has 0 unspecified atom stereocenters. The van der Waals surface area contributed by atoms with E-state index in [2.05, 4.69) is 354 Å². The zero-order chi connectivity index (χ0) is 71.3. The first-order chi connectivity index (χ1) is 50.0. The second-order valence-electron chi connectivity index (χ2n) is 28.2. The Morgan fingerprint density at radius 1 is 0.449 bits per heavy atom. The average molecular weight is 1490 g/mol. The SMILES string of the molecule is CC1=C(/C=C/C(C)=C/C=C/C(C)=C/C=C/C=C(C)/C=C/C=C(C)/C=C/c2ccc(C(=O)Nc3ccc(-c4c5nc(c(-c6cc7ccccc7[n+](C)c6)c6ccc([nH]6)c(-c6cc7ccccc7[n+](C)c6)c6nc(c(-c7cc8ccccc8[n+](C)c7)c7ccc4[nH]7)C=C6)C=C5)cc3)cc2)C(C)(C)CCC1.[Cl-].[Cl-].[Cl-].[Cl-]. The number of aromatic nitrogens is 7. The van der Waals surface area contributed by atoms with Crippen molar-refractivity contribution in [2.75, 3.05) is 5.32 Å². The average Bonchev–Trinajstić information content (AvgIpc) is 1.66. The molecule has 11 aromatic rings. The molecule has 538 valence electrons. The molecule has 6 aromatic heterocycles. The van der Waals surface area contributed by atoms with Crippen molar-refractivity contribution in [2.45, 2.75) is 67.7 Å². The number of nitrogens with zero attached hydrogens (tertiary/aromatic N) is 5. The molecule has 13 heteroatoms. The summed E-state index contributed by atoms with van der Waals surface area (Å²) in [6.07, 6.45) is 48.8. The molecule has 0 radical (unpaired) electrons. The van der Waals surface area contributed by atoms with Gasteiger partial charge < -0.3 is 64.9 Å². The minimum absolute atomic E-state index is 0. The van der Waals surface area contributed by atoms with Crippen molar-refractivity contribution in [3.8, 4) is 44.5 Å². The number of fused-ring (bicyclic) bond motifs is 11. The van der Waals surface area contributed by atoms with Crippen LogP contribution >= 0.6 is 0 Å². The van der Waals surface area contributed by atoms with Gasteiger partial charge in [-0.15, -0.1) is 0 Å². The Labute approximate surface area is 653 Å². The maximum atomic E-state index is 14.0. The zero-order valence-electron chi connectivity index (χ0n) is 62.0. The number of carbonyl (C=O) groups is 1. The number of hydrogen-bond acceptors (Lipinski definition) is 3. The van der Waals surface area contributed by atoms with Gasteiger partial charge in [-0.1, -0.05) is 187 Å². The highest BCUT2D eigenvalue weighted by atomic mass is 35.5. The summed E-state index contributed by atoms with van der Waals surface area (Å²) < 4.78 is 6.58. The van der Waals surface area contributed by atoms with Crippen molar-refractivity contribution < 1.29 is 68.1 Å². The molecule has 1 aliphatic carbocycles. The second kappa shape index (κ2) is 34.5. The van der Waals surface area contributed by atoms with Gasteiger partial charge in [0.15, 0.2) is 18.6 Å². The van der Waals surface area contributed by atoms with Crippen LogP contribution in [0.2, 0.25) is 0 Å². The lowest BCUT2D eigenvalue weighted by Crippen LogP contribution is -3.00. The number of amides is 1. The lowest BCUT2D eigenvalue weighted by Gasteiger charge is -2.32. The van der Waals surface area contributed by atoms with Gasteiger partial charge in [-0.05, 0) is 185 Å². The van der Waals surface area contributed by atoms with Crippen LogP contribution in [-0.2, 0) is 21.1 Å². The molecule has 9 nitrogen and oxygen atoms in total. The molecule has 0 saturated heterocycles. The van der Waals surface area contributed by atoms with E-state index in [-0.39, 0.29) is 61.0 Å². The van der Waals surface area contributed by atoms with Crippen LogP contribution in [0.1, 0.15) is 106 Å². The number of para-hydroxylation sites is 3. The maximum Gasteiger partial charge on any atom is 0.255 e. The molecule has 3 aliphatic rings. The molecular weight excluding hydrogens is 1400 g/mol. The van der Waals surface area contributed by atoms with Crippen LogP contribution in [0.25, 0.3) is 130 Å². The van der Waals surface area contributed by atoms with E-state index in [9.17, 15) is 4.79 Å². The Morgan fingerprint density at radius 2 is 0.822 bits per heavy atom. The molecule has 107 heavy (non-hydrogen) atoms. The molecule has 0 saturated carbocycles. The lowest BCUT2D eigenvalue weighted by atomic mass is 9.72. The van der Waals surface area contributed by atoms with Gasteiger partial charge in [0, 0.05) is 89.9 Å². The summed E-state index contributed by atoms with van der Waals surface area (Å²) in [5, 5.41) is 6.53. The van der Waals surface area contributed by atoms with E-state index >= 15 is 0 Å². The number of anilines is 1. The van der Waals surface area contributed by atoms with E-state index in [0.29, 0.717) is 11.3 Å². The predicted octanol–water partition coefficient (Wildman–Crippen LogP) is 10.1. The summed E-state index contributed by atoms with van der Waals surface area (Å²) in [5.41, 5.74) is 28.1. The molecule has 8 bridgehead atoms. The summed E-state index contributed by atoms with van der Waals surface area (Å²) in [6, 6.07) is 56.7. The summed E-state index contributed by atoms with van der Waals surface area (Å²) in [5.74, 6) is -0.198. The summed E-state index contributed by atoms with van der Waals surface area (Å²) in [6.45, 7) is 15.5. The first-order valence-corrected chi connectivity index (χ1v) is 35.6. The largest absolute Gasteiger partial charge is 1.00 e. The molecule has 5 aromatic carbocycles. The van der Waals surface area contributed by atoms with Gasteiger partial charge in [0.1, 0.15) is 21.1 Å². The standard InChI is InChI=1S/C94H86N8O.4ClH/c1-62(22-11-12-23-63(2)25-20-27-65(4)36-46-77-66(5)28-21-55-94(77,6)7)24-19-26-64(3)35-37-67-38-40-69(41-39-67)93(103)95-76-44-42-68(43-45-76)89-78-47-49-80(96-78)90(73-56-70-29-13-16-32-86(70)100(8)59-73)82-51-53-84(98-82)92(75-58-72-31-15-18-34-88(72)102(10)61-75)85-54-52-83(99-85)91(81-50-48-79(89)97-81)74-57-71-30-14-17-33-87(71)101(9)60-74;;;;/h11-20,22-27,29-54,56-61H,21,28,55H2,1-10H3,(H2-,95,96,97,98,99,103);4*1H/q+2;;;;/p-3/b12-11+,24-19+,25-20+,37-35+,46-36+,62-22+,63-23+,64-26+,65-27+,89-78?,89-79?,90-80?,90-82?,91-81?,91-83?,92-84?,92-85?;;;;. The molecule has 14 rings (SSSR count). The van der Waals surface area contributed by atoms with Crippen LogP contribution < -0.4 is 68.6 Å². The van der Waals surface area contributed by atoms with Gasteiger partial charge in [0.25, 0.3) is 5.91 Å². The fraction of sp³-hybridized carbons (Fsp3) is 0.149. The highest BCUT2D eigenvalue weighted by Crippen LogP contribution is 2.42. The van der Waals surface area contributed by atoms with Crippen molar-refractivity contribution >= 4 is 96.8 Å². The third-order valence-corrected chi connectivity index (χ3v) is 20.0. The van der Waals surface area contributed by atoms with Gasteiger partial charge in [-0.3, -0.25) is 4.79 Å². The van der Waals surface area contributed by atoms with E-state index in [4.69, 9.17) is 9.97 Å². The Hall–Kier alpha value is -11.0. The van der Waals surface area contributed by atoms with Crippen molar-refractivity contribution in [3.05, 3.63) is 329 Å². The monoisotopic (exact) mass is 1480 g/mol. The summed E-state index contributed by atoms with van der Waals surface area (Å²) in [7, 11) is 6.31. The first-order valence-electron chi connectivity index (χ1n) is 35.6. The van der Waals surface area contributed by atoms with Crippen molar-refractivity contribution in [1.29, 1.82) is 0 Å². The molecular formula is C94H87Cl4N8O-. The molecule has 0 atom stereocenters. The molecule has 0 fully saturated rings. The van der Waals surface area contributed by atoms with E-state index in [0.717, 1.165) is 139 Å². The summed E-state index contributed by atoms with van der Waals surface area (Å²) >= 11 is 0.